The summed E-state index contributed by atoms with van der Waals surface area (Å²) in [5, 5.41) is 65.7. The van der Waals surface area contributed by atoms with Gasteiger partial charge in [-0.1, -0.05) is 6.92 Å². The molecule has 21 nitrogen and oxygen atoms in total. The molecule has 0 spiro atoms. The average molecular weight is 776 g/mol. The van der Waals surface area contributed by atoms with Crippen molar-refractivity contribution in [1.29, 1.82) is 0 Å². The Balaban J connectivity index is 5.93. The van der Waals surface area contributed by atoms with E-state index >= 15 is 0 Å². The zero-order valence-electron chi connectivity index (χ0n) is 31.0. The number of hydrogen-bond donors (Lipinski definition) is 12. The van der Waals surface area contributed by atoms with Gasteiger partial charge in [-0.3, -0.25) is 43.3 Å². The molecule has 0 fully saturated rings. The van der Waals surface area contributed by atoms with Crippen molar-refractivity contribution in [3.8, 4) is 0 Å². The number of aliphatic hydroxyl groups excluding tert-OH is 5. The minimum absolute atomic E-state index is 0.0781. The minimum atomic E-state index is -1.74. The van der Waals surface area contributed by atoms with E-state index in [4.69, 9.17) is 22.3 Å². The summed E-state index contributed by atoms with van der Waals surface area (Å²) >= 11 is 0. The van der Waals surface area contributed by atoms with Gasteiger partial charge in [-0.15, -0.1) is 0 Å². The van der Waals surface area contributed by atoms with Crippen LogP contribution in [0.15, 0.2) is 4.99 Å². The molecule has 0 aliphatic rings. The summed E-state index contributed by atoms with van der Waals surface area (Å²) in [5.41, 5.74) is 15.8. The smallest absolute Gasteiger partial charge is 0.303 e. The van der Waals surface area contributed by atoms with Crippen molar-refractivity contribution < 1.29 is 69.0 Å². The van der Waals surface area contributed by atoms with Crippen LogP contribution in [0.5, 0.6) is 0 Å². The van der Waals surface area contributed by atoms with Gasteiger partial charge >= 0.3 is 5.97 Å². The number of hydrogen-bond acceptors (Lipinski definition) is 14. The van der Waals surface area contributed by atoms with Gasteiger partial charge < -0.3 is 63.8 Å². The average Bonchev–Trinajstić information content (AvgIpc) is 3.08. The first-order valence-electron chi connectivity index (χ1n) is 17.4. The Morgan fingerprint density at radius 2 is 1.09 bits per heavy atom. The third-order valence-electron chi connectivity index (χ3n) is 8.72. The largest absolute Gasteiger partial charge is 0.481 e. The molecule has 0 aromatic heterocycles. The lowest BCUT2D eigenvalue weighted by Crippen LogP contribution is -2.54. The maximum absolute atomic E-state index is 13.3. The molecule has 0 bridgehead atoms. The van der Waals surface area contributed by atoms with Gasteiger partial charge in [0.1, 0.15) is 23.9 Å². The number of ketones is 3. The van der Waals surface area contributed by atoms with Gasteiger partial charge in [-0.25, -0.2) is 0 Å². The monoisotopic (exact) mass is 775 g/mol. The Morgan fingerprint density at radius 1 is 0.611 bits per heavy atom. The van der Waals surface area contributed by atoms with Crippen LogP contribution in [-0.2, 0) is 38.4 Å². The summed E-state index contributed by atoms with van der Waals surface area (Å²) in [6.07, 6.45) is -6.61. The maximum atomic E-state index is 13.3. The van der Waals surface area contributed by atoms with Gasteiger partial charge in [0.15, 0.2) is 17.5 Å². The molecular formula is C33H57N7O14. The van der Waals surface area contributed by atoms with Gasteiger partial charge in [-0.2, -0.15) is 0 Å². The highest BCUT2D eigenvalue weighted by atomic mass is 16.4. The SMILES string of the molecule is C[C@H](C(=O)C[C@@H](CCCN=C(N)N)C(=O)N[C@@H](CO)C(=O)C[C@@H](CO)C(=O)N[C@H](C(=O)C[C@@H](CCC(=O)O)C(=O)N[C@H](C(N)=O)[C@@H](C)O)[C@@H](C)O)[C@@H](C)O. The zero-order chi connectivity index (χ0) is 41.9. The van der Waals surface area contributed by atoms with E-state index in [1.807, 2.05) is 0 Å². The molecule has 308 valence electrons. The van der Waals surface area contributed by atoms with Crippen molar-refractivity contribution in [2.45, 2.75) is 109 Å². The second-order valence-corrected chi connectivity index (χ2v) is 13.3. The number of nitrogens with one attached hydrogen (secondary N) is 3. The molecule has 0 unspecified atom stereocenters. The van der Waals surface area contributed by atoms with Crippen LogP contribution in [0.25, 0.3) is 0 Å². The molecule has 0 aromatic rings. The summed E-state index contributed by atoms with van der Waals surface area (Å²) < 4.78 is 0. The Labute approximate surface area is 312 Å². The fourth-order valence-corrected chi connectivity index (χ4v) is 5.15. The number of nitrogens with zero attached hydrogens (tertiary/aromatic N) is 1. The lowest BCUT2D eigenvalue weighted by atomic mass is 9.89. The Hall–Kier alpha value is -4.57. The molecule has 0 radical (unpaired) electrons. The van der Waals surface area contributed by atoms with E-state index in [0.29, 0.717) is 0 Å². The molecular weight excluding hydrogens is 718 g/mol. The Morgan fingerprint density at radius 3 is 1.56 bits per heavy atom. The third kappa shape index (κ3) is 18.0. The van der Waals surface area contributed by atoms with E-state index in [9.17, 15) is 63.9 Å². The molecule has 0 aliphatic heterocycles. The van der Waals surface area contributed by atoms with E-state index < -0.39 is 146 Å². The molecule has 0 heterocycles. The van der Waals surface area contributed by atoms with Crippen molar-refractivity contribution in [1.82, 2.24) is 16.0 Å². The predicted octanol–water partition coefficient (Wildman–Crippen LogP) is -4.67. The van der Waals surface area contributed by atoms with E-state index in [1.54, 1.807) is 0 Å². The molecule has 10 atom stereocenters. The summed E-state index contributed by atoms with van der Waals surface area (Å²) in [5.74, 6) is -12.7. The summed E-state index contributed by atoms with van der Waals surface area (Å²) in [4.78, 5) is 105. The standard InChI is InChI=1S/C33H57N7O14/c1-15(16(2)43)23(46)10-19(6-5-9-37-33(35)36)30(52)38-22(14-42)24(47)12-21(13-41)32(54)39-27(17(3)44)25(48)11-20(7-8-26(49)50)31(53)40-28(18(4)45)29(34)51/h15-22,27-28,41-45H,5-14H2,1-4H3,(H2,34,51)(H,38,52)(H,39,54)(H,40,53)(H,49,50)(H4,35,36,37)/t15-,16+,17+,18+,19+,20+,21-,22-,27-,28-/m0/s1. The van der Waals surface area contributed by atoms with Gasteiger partial charge in [0.2, 0.25) is 23.6 Å². The van der Waals surface area contributed by atoms with Gasteiger partial charge in [-0.05, 0) is 40.0 Å². The number of amides is 4. The number of aliphatic carboxylic acids is 1. The van der Waals surface area contributed by atoms with Crippen molar-refractivity contribution in [2.75, 3.05) is 19.8 Å². The first-order valence-corrected chi connectivity index (χ1v) is 17.4. The number of aliphatic imine (C=N–C) groups is 1. The van der Waals surface area contributed by atoms with Crippen molar-refractivity contribution in [3.63, 3.8) is 0 Å². The van der Waals surface area contributed by atoms with Crippen LogP contribution in [0.4, 0.5) is 0 Å². The van der Waals surface area contributed by atoms with Crippen LogP contribution in [0.3, 0.4) is 0 Å². The zero-order valence-corrected chi connectivity index (χ0v) is 31.0. The molecule has 0 aliphatic carbocycles. The fourth-order valence-electron chi connectivity index (χ4n) is 5.15. The van der Waals surface area contributed by atoms with E-state index in [-0.39, 0.29) is 31.8 Å². The summed E-state index contributed by atoms with van der Waals surface area (Å²) in [6, 6.07) is -4.91. The Kier molecular flexibility index (Phi) is 22.6. The van der Waals surface area contributed by atoms with Crippen LogP contribution < -0.4 is 33.2 Å². The first-order chi connectivity index (χ1) is 25.1. The van der Waals surface area contributed by atoms with Crippen LogP contribution in [0, 0.1) is 23.7 Å². The third-order valence-corrected chi connectivity index (χ3v) is 8.72. The molecule has 0 saturated carbocycles. The number of aliphatic hydroxyl groups is 5. The highest BCUT2D eigenvalue weighted by Crippen LogP contribution is 2.19. The quantitative estimate of drug-likeness (QED) is 0.0202. The molecule has 0 saturated heterocycles. The van der Waals surface area contributed by atoms with Crippen LogP contribution >= 0.6 is 0 Å². The van der Waals surface area contributed by atoms with Gasteiger partial charge in [0.05, 0.1) is 37.4 Å². The van der Waals surface area contributed by atoms with E-state index in [1.165, 1.54) is 13.8 Å². The normalized spacial score (nSPS) is 16.8. The van der Waals surface area contributed by atoms with E-state index in [0.717, 1.165) is 13.8 Å². The van der Waals surface area contributed by atoms with Crippen molar-refractivity contribution in [2.24, 2.45) is 45.9 Å². The summed E-state index contributed by atoms with van der Waals surface area (Å²) in [6.45, 7) is 3.36. The highest BCUT2D eigenvalue weighted by Gasteiger charge is 2.36. The number of carbonyl (C=O) groups excluding carboxylic acids is 7. The van der Waals surface area contributed by atoms with Gasteiger partial charge in [0.25, 0.3) is 0 Å². The van der Waals surface area contributed by atoms with Gasteiger partial charge in [0, 0.05) is 50.0 Å². The van der Waals surface area contributed by atoms with Crippen molar-refractivity contribution in [3.05, 3.63) is 0 Å². The lowest BCUT2D eigenvalue weighted by molar-refractivity contribution is -0.140. The maximum Gasteiger partial charge on any atom is 0.303 e. The number of rotatable bonds is 28. The second kappa shape index (κ2) is 24.7. The number of carbonyl (C=O) groups is 8. The number of primary amides is 1. The Bertz CT molecular complexity index is 1340. The predicted molar refractivity (Wildman–Crippen MR) is 189 cm³/mol. The summed E-state index contributed by atoms with van der Waals surface area (Å²) in [7, 11) is 0. The van der Waals surface area contributed by atoms with E-state index in [2.05, 4.69) is 20.9 Å². The topological polar surface area (TPSA) is 384 Å². The first kappa shape index (κ1) is 49.4. The molecule has 54 heavy (non-hydrogen) atoms. The molecule has 0 rings (SSSR count). The van der Waals surface area contributed by atoms with Crippen LogP contribution in [0.1, 0.15) is 72.6 Å². The number of Topliss-reactive ketones (excluding diaryl/α,β-unsaturated/α-hetero) is 3. The number of carboxylic acids is 1. The highest BCUT2D eigenvalue weighted by molar-refractivity contribution is 5.97. The van der Waals surface area contributed by atoms with Crippen molar-refractivity contribution >= 4 is 52.9 Å². The number of carboxylic acid groups (broad SMARTS) is 1. The lowest BCUT2D eigenvalue weighted by Gasteiger charge is -2.26. The number of guanidine groups is 1. The number of nitrogens with two attached hydrogens (primary N) is 3. The van der Waals surface area contributed by atoms with Crippen LogP contribution in [-0.4, -0.2) is 140 Å². The molecule has 15 N–H and O–H groups in total. The molecule has 0 aromatic carbocycles. The molecule has 21 heteroatoms. The van der Waals surface area contributed by atoms with Crippen LogP contribution in [0.2, 0.25) is 0 Å². The molecule has 4 amide bonds. The minimum Gasteiger partial charge on any atom is -0.481 e. The fraction of sp³-hybridized carbons (Fsp3) is 0.727. The second-order valence-electron chi connectivity index (χ2n) is 13.3.